The standard InChI is InChI=1S/C13H12N4O/c1-10-15-13(18)5-7-17(10)12-9-16-6-3-2-4-11(16)8-14-12/h2-9,11H,1H2,(H,15,18). The molecular formula is C13H12N4O. The van der Waals surface area contributed by atoms with E-state index in [0.29, 0.717) is 11.6 Å². The molecule has 0 aliphatic carbocycles. The molecule has 0 radical (unpaired) electrons. The van der Waals surface area contributed by atoms with Gasteiger partial charge >= 0.3 is 0 Å². The van der Waals surface area contributed by atoms with E-state index in [1.807, 2.05) is 35.7 Å². The summed E-state index contributed by atoms with van der Waals surface area (Å²) in [5.41, 5.74) is 0. The number of hydrogen-bond acceptors (Lipinski definition) is 4. The number of rotatable bonds is 1. The second-order valence-corrected chi connectivity index (χ2v) is 4.05. The number of aliphatic imine (C=N–C) groups is 1. The first-order valence-electron chi connectivity index (χ1n) is 5.60. The zero-order valence-electron chi connectivity index (χ0n) is 9.65. The Balaban J connectivity index is 1.88. The normalized spacial score (nSPS) is 25.1. The Hall–Kier alpha value is -2.56. The third-order valence-corrected chi connectivity index (χ3v) is 2.83. The van der Waals surface area contributed by atoms with E-state index in [0.717, 1.165) is 0 Å². The van der Waals surface area contributed by atoms with Crippen LogP contribution in [0.5, 0.6) is 0 Å². The molecular weight excluding hydrogens is 228 g/mol. The Labute approximate surface area is 105 Å². The van der Waals surface area contributed by atoms with Crippen LogP contribution in [0, 0.1) is 0 Å². The van der Waals surface area contributed by atoms with Crippen LogP contribution in [0.1, 0.15) is 0 Å². The molecule has 0 aromatic carbocycles. The largest absolute Gasteiger partial charge is 0.339 e. The van der Waals surface area contributed by atoms with E-state index < -0.39 is 0 Å². The van der Waals surface area contributed by atoms with Crippen LogP contribution in [0.3, 0.4) is 0 Å². The highest BCUT2D eigenvalue weighted by molar-refractivity contribution is 5.89. The smallest absolute Gasteiger partial charge is 0.250 e. The predicted octanol–water partition coefficient (Wildman–Crippen LogP) is 1.04. The van der Waals surface area contributed by atoms with Crippen molar-refractivity contribution in [2.75, 3.05) is 0 Å². The minimum Gasteiger partial charge on any atom is -0.339 e. The first kappa shape index (κ1) is 10.6. The summed E-state index contributed by atoms with van der Waals surface area (Å²) in [6.45, 7) is 3.80. The van der Waals surface area contributed by atoms with Crippen LogP contribution in [0.15, 0.2) is 66.1 Å². The fraction of sp³-hybridized carbons (Fsp3) is 0.0769. The number of amides is 1. The monoisotopic (exact) mass is 240 g/mol. The molecule has 0 saturated carbocycles. The number of hydrogen-bond donors (Lipinski definition) is 1. The van der Waals surface area contributed by atoms with Gasteiger partial charge in [-0.1, -0.05) is 18.7 Å². The van der Waals surface area contributed by atoms with Gasteiger partial charge in [-0.05, 0) is 6.08 Å². The van der Waals surface area contributed by atoms with E-state index in [1.165, 1.54) is 6.08 Å². The van der Waals surface area contributed by atoms with Gasteiger partial charge in [0.2, 0.25) is 0 Å². The summed E-state index contributed by atoms with van der Waals surface area (Å²) in [6, 6.07) is 0.162. The van der Waals surface area contributed by atoms with Gasteiger partial charge in [-0.3, -0.25) is 9.69 Å². The lowest BCUT2D eigenvalue weighted by Gasteiger charge is -2.32. The molecule has 1 N–H and O–H groups in total. The number of nitrogens with zero attached hydrogens (tertiary/aromatic N) is 3. The Morgan fingerprint density at radius 1 is 1.33 bits per heavy atom. The lowest BCUT2D eigenvalue weighted by atomic mass is 10.2. The van der Waals surface area contributed by atoms with Gasteiger partial charge in [0.05, 0.1) is 6.04 Å². The molecule has 3 heterocycles. The summed E-state index contributed by atoms with van der Waals surface area (Å²) in [4.78, 5) is 19.3. The molecule has 3 aliphatic heterocycles. The molecule has 0 aromatic heterocycles. The number of carbonyl (C=O) groups excluding carboxylic acids is 1. The SMILES string of the molecule is C=C1NC(=O)C=CN1C1=CN2C=CC=CC2C=N1. The summed E-state index contributed by atoms with van der Waals surface area (Å²) in [7, 11) is 0. The van der Waals surface area contributed by atoms with Crippen LogP contribution >= 0.6 is 0 Å². The number of fused-ring (bicyclic) bond motifs is 1. The summed E-state index contributed by atoms with van der Waals surface area (Å²) in [6.07, 6.45) is 14.9. The third kappa shape index (κ3) is 1.75. The van der Waals surface area contributed by atoms with Gasteiger partial charge in [0.1, 0.15) is 5.82 Å². The summed E-state index contributed by atoms with van der Waals surface area (Å²) in [5, 5.41) is 2.64. The van der Waals surface area contributed by atoms with Crippen LogP contribution in [0.2, 0.25) is 0 Å². The molecule has 0 fully saturated rings. The highest BCUT2D eigenvalue weighted by atomic mass is 16.1. The maximum atomic E-state index is 11.2. The van der Waals surface area contributed by atoms with Crippen molar-refractivity contribution in [3.8, 4) is 0 Å². The average Bonchev–Trinajstić information content (AvgIpc) is 2.38. The van der Waals surface area contributed by atoms with Crippen molar-refractivity contribution in [2.24, 2.45) is 4.99 Å². The molecule has 5 nitrogen and oxygen atoms in total. The van der Waals surface area contributed by atoms with E-state index >= 15 is 0 Å². The predicted molar refractivity (Wildman–Crippen MR) is 68.7 cm³/mol. The number of carbonyl (C=O) groups is 1. The lowest BCUT2D eigenvalue weighted by Crippen LogP contribution is -2.37. The zero-order chi connectivity index (χ0) is 12.5. The molecule has 18 heavy (non-hydrogen) atoms. The molecule has 0 spiro atoms. The fourth-order valence-corrected chi connectivity index (χ4v) is 1.92. The molecule has 3 aliphatic rings. The Bertz CT molecular complexity index is 553. The van der Waals surface area contributed by atoms with Gasteiger partial charge in [0.15, 0.2) is 5.82 Å². The summed E-state index contributed by atoms with van der Waals surface area (Å²) < 4.78 is 0. The Morgan fingerprint density at radius 2 is 2.22 bits per heavy atom. The van der Waals surface area contributed by atoms with Crippen LogP contribution < -0.4 is 5.32 Å². The highest BCUT2D eigenvalue weighted by Gasteiger charge is 2.21. The van der Waals surface area contributed by atoms with E-state index in [9.17, 15) is 4.79 Å². The van der Waals surface area contributed by atoms with Crippen molar-refractivity contribution in [1.29, 1.82) is 0 Å². The minimum absolute atomic E-state index is 0.162. The second-order valence-electron chi connectivity index (χ2n) is 4.05. The van der Waals surface area contributed by atoms with Crippen LogP contribution in [0.4, 0.5) is 0 Å². The van der Waals surface area contributed by atoms with Crippen molar-refractivity contribution < 1.29 is 4.79 Å². The topological polar surface area (TPSA) is 47.9 Å². The molecule has 3 rings (SSSR count). The van der Waals surface area contributed by atoms with Crippen molar-refractivity contribution in [2.45, 2.75) is 6.04 Å². The van der Waals surface area contributed by atoms with Crippen LogP contribution in [-0.4, -0.2) is 28.0 Å². The van der Waals surface area contributed by atoms with Gasteiger partial charge in [-0.15, -0.1) is 0 Å². The first-order valence-corrected chi connectivity index (χ1v) is 5.60. The average molecular weight is 240 g/mol. The molecule has 0 bridgehead atoms. The summed E-state index contributed by atoms with van der Waals surface area (Å²) >= 11 is 0. The van der Waals surface area contributed by atoms with E-state index in [-0.39, 0.29) is 11.9 Å². The second kappa shape index (κ2) is 4.03. The molecule has 1 amide bonds. The van der Waals surface area contributed by atoms with Crippen LogP contribution in [0.25, 0.3) is 0 Å². The quantitative estimate of drug-likeness (QED) is 0.745. The third-order valence-electron chi connectivity index (χ3n) is 2.83. The summed E-state index contributed by atoms with van der Waals surface area (Å²) in [5.74, 6) is 1.05. The highest BCUT2D eigenvalue weighted by Crippen LogP contribution is 2.21. The van der Waals surface area contributed by atoms with Gasteiger partial charge in [0.25, 0.3) is 5.91 Å². The molecule has 90 valence electrons. The molecule has 0 aromatic rings. The van der Waals surface area contributed by atoms with Crippen molar-refractivity contribution >= 4 is 12.1 Å². The Morgan fingerprint density at radius 3 is 3.06 bits per heavy atom. The molecule has 5 heteroatoms. The van der Waals surface area contributed by atoms with Gasteiger partial charge in [-0.25, -0.2) is 4.99 Å². The maximum Gasteiger partial charge on any atom is 0.250 e. The number of nitrogens with one attached hydrogen (secondary N) is 1. The fourth-order valence-electron chi connectivity index (χ4n) is 1.92. The van der Waals surface area contributed by atoms with Crippen molar-refractivity contribution in [3.05, 3.63) is 61.1 Å². The van der Waals surface area contributed by atoms with E-state index in [1.54, 1.807) is 11.1 Å². The molecule has 0 saturated heterocycles. The number of allylic oxidation sites excluding steroid dienone is 2. The lowest BCUT2D eigenvalue weighted by molar-refractivity contribution is -0.116. The minimum atomic E-state index is -0.171. The van der Waals surface area contributed by atoms with E-state index in [4.69, 9.17) is 0 Å². The van der Waals surface area contributed by atoms with Gasteiger partial charge in [0, 0.05) is 30.9 Å². The van der Waals surface area contributed by atoms with E-state index in [2.05, 4.69) is 23.0 Å². The van der Waals surface area contributed by atoms with Crippen LogP contribution in [-0.2, 0) is 4.79 Å². The van der Waals surface area contributed by atoms with Gasteiger partial charge in [-0.2, -0.15) is 0 Å². The molecule has 1 atom stereocenters. The first-order chi connectivity index (χ1) is 8.74. The van der Waals surface area contributed by atoms with Crippen molar-refractivity contribution in [3.63, 3.8) is 0 Å². The van der Waals surface area contributed by atoms with Crippen molar-refractivity contribution in [1.82, 2.24) is 15.1 Å². The maximum absolute atomic E-state index is 11.2. The van der Waals surface area contributed by atoms with Gasteiger partial charge < -0.3 is 10.2 Å². The zero-order valence-corrected chi connectivity index (χ0v) is 9.65. The molecule has 1 unspecified atom stereocenters. The Kier molecular flexibility index (Phi) is 2.37.